The zero-order valence-corrected chi connectivity index (χ0v) is 15.0. The summed E-state index contributed by atoms with van der Waals surface area (Å²) in [6, 6.07) is 15.9. The van der Waals surface area contributed by atoms with Gasteiger partial charge < -0.3 is 9.47 Å². The molecule has 0 unspecified atom stereocenters. The monoisotopic (exact) mass is 378 g/mol. The van der Waals surface area contributed by atoms with Crippen molar-refractivity contribution < 1.29 is 23.9 Å². The fraction of sp³-hybridized carbons (Fsp3) is 0.286. The maximum Gasteiger partial charge on any atom is 0.417 e. The molecule has 0 saturated carbocycles. The van der Waals surface area contributed by atoms with E-state index >= 15 is 0 Å². The van der Waals surface area contributed by atoms with E-state index in [1.54, 1.807) is 0 Å². The number of benzene rings is 2. The van der Waals surface area contributed by atoms with Gasteiger partial charge in [0.05, 0.1) is 6.54 Å². The van der Waals surface area contributed by atoms with Gasteiger partial charge in [0.15, 0.2) is 0 Å². The number of fused-ring (bicyclic) bond motifs is 3. The predicted octanol–water partition coefficient (Wildman–Crippen LogP) is 2.65. The van der Waals surface area contributed by atoms with Crippen molar-refractivity contribution >= 4 is 18.1 Å². The van der Waals surface area contributed by atoms with Gasteiger partial charge in [0.25, 0.3) is 5.91 Å². The van der Waals surface area contributed by atoms with Gasteiger partial charge in [-0.1, -0.05) is 54.6 Å². The van der Waals surface area contributed by atoms with Crippen molar-refractivity contribution in [1.29, 1.82) is 0 Å². The molecule has 3 aliphatic rings. The number of carbonyl (C=O) groups excluding carboxylic acids is 3. The lowest BCUT2D eigenvalue weighted by Gasteiger charge is -2.19. The molecule has 0 aromatic heterocycles. The van der Waals surface area contributed by atoms with Crippen LogP contribution in [0.2, 0.25) is 0 Å². The van der Waals surface area contributed by atoms with Crippen LogP contribution in [0.4, 0.5) is 9.59 Å². The number of hydrogen-bond donors (Lipinski definition) is 0. The van der Waals surface area contributed by atoms with Gasteiger partial charge in [0.1, 0.15) is 24.8 Å². The summed E-state index contributed by atoms with van der Waals surface area (Å²) in [6.07, 6.45) is -0.952. The molecule has 3 amide bonds. The summed E-state index contributed by atoms with van der Waals surface area (Å²) in [6.45, 7) is 0.385. The lowest BCUT2D eigenvalue weighted by molar-refractivity contribution is -0.129. The molecule has 1 aliphatic carbocycles. The first-order chi connectivity index (χ1) is 13.6. The lowest BCUT2D eigenvalue weighted by Crippen LogP contribution is -2.39. The second-order valence-corrected chi connectivity index (χ2v) is 7.19. The Balaban J connectivity index is 1.26. The molecule has 2 aromatic carbocycles. The summed E-state index contributed by atoms with van der Waals surface area (Å²) in [5.74, 6) is -0.411. The molecule has 2 aromatic rings. The summed E-state index contributed by atoms with van der Waals surface area (Å²) in [7, 11) is 0. The molecule has 0 spiro atoms. The van der Waals surface area contributed by atoms with E-state index in [9.17, 15) is 14.4 Å². The van der Waals surface area contributed by atoms with Gasteiger partial charge in [-0.25, -0.2) is 14.5 Å². The Morgan fingerprint density at radius 2 is 1.82 bits per heavy atom. The third-order valence-corrected chi connectivity index (χ3v) is 5.45. The minimum atomic E-state index is -0.678. The molecule has 0 radical (unpaired) electrons. The average Bonchev–Trinajstić information content (AvgIpc) is 3.35. The lowest BCUT2D eigenvalue weighted by atomic mass is 10.1. The number of amides is 3. The van der Waals surface area contributed by atoms with Crippen LogP contribution in [0.15, 0.2) is 54.6 Å². The highest BCUT2D eigenvalue weighted by atomic mass is 16.6. The number of ether oxygens (including phenoxy) is 2. The van der Waals surface area contributed by atoms with Gasteiger partial charge in [-0.05, 0) is 16.7 Å². The van der Waals surface area contributed by atoms with Gasteiger partial charge in [-0.3, -0.25) is 9.69 Å². The predicted molar refractivity (Wildman–Crippen MR) is 97.1 cm³/mol. The average molecular weight is 378 g/mol. The molecule has 2 heterocycles. The van der Waals surface area contributed by atoms with Crippen LogP contribution in [0.25, 0.3) is 0 Å². The molecule has 0 bridgehead atoms. The molecular weight excluding hydrogens is 360 g/mol. The third-order valence-electron chi connectivity index (χ3n) is 5.45. The highest BCUT2D eigenvalue weighted by molar-refractivity contribution is 6.00. The Labute approximate surface area is 161 Å². The molecule has 28 heavy (non-hydrogen) atoms. The van der Waals surface area contributed by atoms with Gasteiger partial charge in [0.2, 0.25) is 0 Å². The van der Waals surface area contributed by atoms with Crippen LogP contribution >= 0.6 is 0 Å². The van der Waals surface area contributed by atoms with Crippen LogP contribution in [0.5, 0.6) is 0 Å². The van der Waals surface area contributed by atoms with E-state index in [2.05, 4.69) is 0 Å². The molecule has 5 rings (SSSR count). The summed E-state index contributed by atoms with van der Waals surface area (Å²) in [5, 5.41) is 0. The molecule has 2 fully saturated rings. The largest absolute Gasteiger partial charge is 0.445 e. The molecule has 7 heteroatoms. The number of imide groups is 1. The highest BCUT2D eigenvalue weighted by Gasteiger charge is 2.56. The summed E-state index contributed by atoms with van der Waals surface area (Å²) < 4.78 is 10.7. The standard InChI is InChI=1S/C21H18N2O5/c24-19(16-11-22(16)20(25)27-12-13-6-2-1-3-7-13)23-18-15-9-5-4-8-14(15)10-17(18)28-21(23)26/h1-9,16-18H,10-12H2/t16-,17-,18+,22?/m1/s1. The third kappa shape index (κ3) is 2.70. The van der Waals surface area contributed by atoms with E-state index in [0.717, 1.165) is 16.7 Å². The molecule has 2 aliphatic heterocycles. The molecule has 142 valence electrons. The van der Waals surface area contributed by atoms with Crippen LogP contribution in [0.3, 0.4) is 0 Å². The van der Waals surface area contributed by atoms with Crippen LogP contribution in [-0.4, -0.2) is 46.6 Å². The Morgan fingerprint density at radius 1 is 1.07 bits per heavy atom. The molecule has 0 N–H and O–H groups in total. The number of carbonyl (C=O) groups is 3. The minimum absolute atomic E-state index is 0.140. The van der Waals surface area contributed by atoms with E-state index in [0.29, 0.717) is 6.42 Å². The molecular formula is C21H18N2O5. The smallest absolute Gasteiger partial charge is 0.417 e. The first-order valence-corrected chi connectivity index (χ1v) is 9.22. The van der Waals surface area contributed by atoms with Crippen LogP contribution in [0, 0.1) is 0 Å². The van der Waals surface area contributed by atoms with E-state index < -0.39 is 30.2 Å². The van der Waals surface area contributed by atoms with Crippen LogP contribution in [0.1, 0.15) is 22.7 Å². The second kappa shape index (κ2) is 6.37. The fourth-order valence-electron chi connectivity index (χ4n) is 3.99. The Bertz CT molecular complexity index is 960. The number of rotatable bonds is 3. The van der Waals surface area contributed by atoms with E-state index in [1.165, 1.54) is 9.80 Å². The number of nitrogens with zero attached hydrogens (tertiary/aromatic N) is 2. The van der Waals surface area contributed by atoms with Crippen LogP contribution in [-0.2, 0) is 27.3 Å². The first kappa shape index (κ1) is 16.8. The van der Waals surface area contributed by atoms with E-state index in [1.807, 2.05) is 54.6 Å². The highest BCUT2D eigenvalue weighted by Crippen LogP contribution is 2.43. The van der Waals surface area contributed by atoms with Crippen molar-refractivity contribution in [3.05, 3.63) is 71.3 Å². The molecule has 7 nitrogen and oxygen atoms in total. The van der Waals surface area contributed by atoms with Crippen molar-refractivity contribution in [2.24, 2.45) is 0 Å². The summed E-state index contributed by atoms with van der Waals surface area (Å²) in [4.78, 5) is 40.0. The topological polar surface area (TPSA) is 75.9 Å². The fourth-order valence-corrected chi connectivity index (χ4v) is 3.99. The minimum Gasteiger partial charge on any atom is -0.445 e. The van der Waals surface area contributed by atoms with E-state index in [-0.39, 0.29) is 19.3 Å². The number of hydrogen-bond acceptors (Lipinski definition) is 5. The van der Waals surface area contributed by atoms with Gasteiger partial charge in [-0.2, -0.15) is 0 Å². The Morgan fingerprint density at radius 3 is 2.64 bits per heavy atom. The van der Waals surface area contributed by atoms with Crippen molar-refractivity contribution in [3.63, 3.8) is 0 Å². The van der Waals surface area contributed by atoms with Gasteiger partial charge in [0, 0.05) is 6.42 Å². The van der Waals surface area contributed by atoms with Gasteiger partial charge >= 0.3 is 12.2 Å². The first-order valence-electron chi connectivity index (χ1n) is 9.22. The quantitative estimate of drug-likeness (QED) is 0.768. The van der Waals surface area contributed by atoms with Crippen molar-refractivity contribution in [2.45, 2.75) is 31.2 Å². The summed E-state index contributed by atoms with van der Waals surface area (Å²) >= 11 is 0. The van der Waals surface area contributed by atoms with E-state index in [4.69, 9.17) is 9.47 Å². The summed E-state index contributed by atoms with van der Waals surface area (Å²) in [5.41, 5.74) is 2.89. The Kier molecular flexibility index (Phi) is 3.82. The zero-order chi connectivity index (χ0) is 19.3. The second-order valence-electron chi connectivity index (χ2n) is 7.19. The maximum atomic E-state index is 12.9. The molecule has 2 saturated heterocycles. The SMILES string of the molecule is O=C(OCc1ccccc1)N1C[C@@H]1C(=O)N1C(=O)O[C@@H]2Cc3ccccc3[C@@H]21. The Hall–Kier alpha value is -3.35. The molecule has 3 atom stereocenters. The van der Waals surface area contributed by atoms with Gasteiger partial charge in [-0.15, -0.1) is 0 Å². The van der Waals surface area contributed by atoms with Crippen molar-refractivity contribution in [3.8, 4) is 0 Å². The zero-order valence-electron chi connectivity index (χ0n) is 15.0. The maximum absolute atomic E-state index is 12.9. The normalized spacial score (nSPS) is 24.4. The van der Waals surface area contributed by atoms with Crippen molar-refractivity contribution in [1.82, 2.24) is 9.80 Å². The van der Waals surface area contributed by atoms with Crippen LogP contribution < -0.4 is 0 Å². The van der Waals surface area contributed by atoms with Crippen molar-refractivity contribution in [2.75, 3.05) is 6.54 Å².